The summed E-state index contributed by atoms with van der Waals surface area (Å²) in [6.07, 6.45) is 1.46. The Morgan fingerprint density at radius 2 is 1.89 bits per heavy atom. The summed E-state index contributed by atoms with van der Waals surface area (Å²) in [6.45, 7) is 4.10. The number of hydrogen-bond acceptors (Lipinski definition) is 5. The first-order chi connectivity index (χ1) is 17.0. The third kappa shape index (κ3) is 4.63. The van der Waals surface area contributed by atoms with Crippen molar-refractivity contribution < 1.29 is 13.9 Å². The molecule has 0 spiro atoms. The number of para-hydroxylation sites is 1. The van der Waals surface area contributed by atoms with Crippen molar-refractivity contribution in [3.63, 3.8) is 0 Å². The zero-order chi connectivity index (χ0) is 24.4. The third-order valence-corrected chi connectivity index (χ3v) is 5.92. The molecule has 8 heteroatoms. The van der Waals surface area contributed by atoms with E-state index in [4.69, 9.17) is 4.74 Å². The van der Waals surface area contributed by atoms with Gasteiger partial charge < -0.3 is 15.4 Å². The number of hydrogen-bond donors (Lipinski definition) is 2. The summed E-state index contributed by atoms with van der Waals surface area (Å²) in [6, 6.07) is 20.9. The number of carbonyl (C=O) groups excluding carboxylic acids is 1. The Morgan fingerprint density at radius 1 is 1.09 bits per heavy atom. The number of anilines is 2. The van der Waals surface area contributed by atoms with Gasteiger partial charge in [0.25, 0.3) is 5.91 Å². The van der Waals surface area contributed by atoms with E-state index in [1.165, 1.54) is 18.5 Å². The molecule has 1 amide bonds. The standard InChI is InChI=1S/C27H24FN5O2/c1-17-6-3-4-9-23(17)32-26(34)24-18(2)31-27-29-16-30-33(27)25(24)20-7-5-8-22(14-20)35-15-19-10-12-21(28)13-11-19/h3-14,16,25H,15H2,1-2H3,(H,32,34)(H,29,30,31)/t25-/m0/s1. The Labute approximate surface area is 202 Å². The molecule has 7 nitrogen and oxygen atoms in total. The van der Waals surface area contributed by atoms with Gasteiger partial charge >= 0.3 is 0 Å². The topological polar surface area (TPSA) is 81.1 Å². The number of amides is 1. The second-order valence-corrected chi connectivity index (χ2v) is 8.35. The molecule has 1 atom stereocenters. The van der Waals surface area contributed by atoms with Gasteiger partial charge in [-0.05, 0) is 60.9 Å². The largest absolute Gasteiger partial charge is 0.489 e. The van der Waals surface area contributed by atoms with Gasteiger partial charge in [0.15, 0.2) is 0 Å². The van der Waals surface area contributed by atoms with E-state index in [1.54, 1.807) is 16.8 Å². The molecule has 1 aromatic heterocycles. The lowest BCUT2D eigenvalue weighted by atomic mass is 9.94. The highest BCUT2D eigenvalue weighted by atomic mass is 19.1. The lowest BCUT2D eigenvalue weighted by molar-refractivity contribution is -0.113. The summed E-state index contributed by atoms with van der Waals surface area (Å²) < 4.78 is 20.9. The quantitative estimate of drug-likeness (QED) is 0.404. The van der Waals surface area contributed by atoms with E-state index >= 15 is 0 Å². The number of halogens is 1. The van der Waals surface area contributed by atoms with E-state index in [-0.39, 0.29) is 11.7 Å². The Bertz CT molecular complexity index is 1410. The number of ether oxygens (including phenoxy) is 1. The maximum Gasteiger partial charge on any atom is 0.255 e. The number of aromatic nitrogens is 3. The molecule has 0 unspecified atom stereocenters. The van der Waals surface area contributed by atoms with Gasteiger partial charge in [-0.1, -0.05) is 42.5 Å². The molecule has 1 aliphatic heterocycles. The van der Waals surface area contributed by atoms with Gasteiger partial charge in [-0.15, -0.1) is 0 Å². The van der Waals surface area contributed by atoms with Crippen LogP contribution in [-0.4, -0.2) is 20.7 Å². The number of carbonyl (C=O) groups is 1. The molecule has 2 N–H and O–H groups in total. The molecule has 0 fully saturated rings. The van der Waals surface area contributed by atoms with E-state index in [1.807, 2.05) is 62.4 Å². The van der Waals surface area contributed by atoms with Gasteiger partial charge in [0.05, 0.1) is 5.57 Å². The van der Waals surface area contributed by atoms with Gasteiger partial charge in [-0.2, -0.15) is 10.1 Å². The number of aryl methyl sites for hydroxylation is 1. The molecular formula is C27H24FN5O2. The zero-order valence-electron chi connectivity index (χ0n) is 19.3. The molecule has 35 heavy (non-hydrogen) atoms. The minimum absolute atomic E-state index is 0.229. The molecule has 5 rings (SSSR count). The second-order valence-electron chi connectivity index (χ2n) is 8.35. The number of allylic oxidation sites excluding steroid dienone is 1. The highest BCUT2D eigenvalue weighted by Gasteiger charge is 2.33. The summed E-state index contributed by atoms with van der Waals surface area (Å²) in [5, 5.41) is 10.6. The molecule has 4 aromatic rings. The molecule has 0 bridgehead atoms. The zero-order valence-corrected chi connectivity index (χ0v) is 19.3. The van der Waals surface area contributed by atoms with Crippen LogP contribution in [-0.2, 0) is 11.4 Å². The summed E-state index contributed by atoms with van der Waals surface area (Å²) in [7, 11) is 0. The first-order valence-corrected chi connectivity index (χ1v) is 11.2. The van der Waals surface area contributed by atoms with E-state index < -0.39 is 6.04 Å². The average molecular weight is 470 g/mol. The number of benzene rings is 3. The smallest absolute Gasteiger partial charge is 0.255 e. The Kier molecular flexibility index (Phi) is 6.01. The van der Waals surface area contributed by atoms with Crippen LogP contribution in [0, 0.1) is 12.7 Å². The fraction of sp³-hybridized carbons (Fsp3) is 0.148. The number of nitrogens with zero attached hydrogens (tertiary/aromatic N) is 3. The first-order valence-electron chi connectivity index (χ1n) is 11.2. The lowest BCUT2D eigenvalue weighted by Crippen LogP contribution is -2.31. The number of rotatable bonds is 6. The summed E-state index contributed by atoms with van der Waals surface area (Å²) in [5.74, 6) is 0.665. The van der Waals surface area contributed by atoms with Gasteiger partial charge in [-0.25, -0.2) is 9.07 Å². The second kappa shape index (κ2) is 9.42. The van der Waals surface area contributed by atoms with Crippen LogP contribution < -0.4 is 15.4 Å². The van der Waals surface area contributed by atoms with Crippen molar-refractivity contribution in [2.45, 2.75) is 26.5 Å². The fourth-order valence-corrected chi connectivity index (χ4v) is 4.12. The van der Waals surface area contributed by atoms with Crippen molar-refractivity contribution in [2.75, 3.05) is 10.6 Å². The minimum Gasteiger partial charge on any atom is -0.489 e. The Hall–Kier alpha value is -4.46. The van der Waals surface area contributed by atoms with Crippen molar-refractivity contribution in [1.82, 2.24) is 14.8 Å². The highest BCUT2D eigenvalue weighted by Crippen LogP contribution is 2.36. The van der Waals surface area contributed by atoms with Crippen LogP contribution in [0.15, 0.2) is 90.4 Å². The van der Waals surface area contributed by atoms with Crippen LogP contribution in [0.2, 0.25) is 0 Å². The van der Waals surface area contributed by atoms with Crippen molar-refractivity contribution in [2.24, 2.45) is 0 Å². The summed E-state index contributed by atoms with van der Waals surface area (Å²) in [4.78, 5) is 17.8. The van der Waals surface area contributed by atoms with Crippen molar-refractivity contribution in [3.8, 4) is 5.75 Å². The Balaban J connectivity index is 1.46. The SMILES string of the molecule is CC1=C(C(=O)Nc2ccccc2C)[C@H](c2cccc(OCc3ccc(F)cc3)c2)n2ncnc2N1. The minimum atomic E-state index is -0.507. The van der Waals surface area contributed by atoms with E-state index in [0.29, 0.717) is 29.6 Å². The third-order valence-electron chi connectivity index (χ3n) is 5.92. The van der Waals surface area contributed by atoms with Crippen molar-refractivity contribution in [1.29, 1.82) is 0 Å². The molecule has 1 aliphatic rings. The molecule has 176 valence electrons. The normalized spacial score (nSPS) is 14.8. The molecule has 0 saturated heterocycles. The summed E-state index contributed by atoms with van der Waals surface area (Å²) >= 11 is 0. The molecule has 0 aliphatic carbocycles. The maximum atomic E-state index is 13.5. The van der Waals surface area contributed by atoms with Gasteiger partial charge in [0.1, 0.15) is 30.5 Å². The maximum absolute atomic E-state index is 13.5. The molecule has 0 saturated carbocycles. The molecule has 3 aromatic carbocycles. The molecule has 2 heterocycles. The van der Waals surface area contributed by atoms with Crippen LogP contribution >= 0.6 is 0 Å². The van der Waals surface area contributed by atoms with Gasteiger partial charge in [0.2, 0.25) is 5.95 Å². The average Bonchev–Trinajstić information content (AvgIpc) is 3.32. The van der Waals surface area contributed by atoms with Gasteiger partial charge in [-0.3, -0.25) is 4.79 Å². The van der Waals surface area contributed by atoms with Crippen LogP contribution in [0.3, 0.4) is 0 Å². The number of nitrogens with one attached hydrogen (secondary N) is 2. The Morgan fingerprint density at radius 3 is 2.69 bits per heavy atom. The monoisotopic (exact) mass is 469 g/mol. The van der Waals surface area contributed by atoms with Gasteiger partial charge in [0, 0.05) is 11.4 Å². The molecular weight excluding hydrogens is 445 g/mol. The predicted molar refractivity (Wildman–Crippen MR) is 131 cm³/mol. The summed E-state index contributed by atoms with van der Waals surface area (Å²) in [5.41, 5.74) is 4.62. The van der Waals surface area contributed by atoms with Crippen molar-refractivity contribution in [3.05, 3.63) is 113 Å². The van der Waals surface area contributed by atoms with Crippen LogP contribution in [0.5, 0.6) is 5.75 Å². The lowest BCUT2D eigenvalue weighted by Gasteiger charge is -2.29. The van der Waals surface area contributed by atoms with Crippen LogP contribution in [0.4, 0.5) is 16.0 Å². The van der Waals surface area contributed by atoms with Crippen molar-refractivity contribution >= 4 is 17.5 Å². The number of fused-ring (bicyclic) bond motifs is 1. The first kappa shape index (κ1) is 22.3. The fourth-order valence-electron chi connectivity index (χ4n) is 4.12. The highest BCUT2D eigenvalue weighted by molar-refractivity contribution is 6.06. The van der Waals surface area contributed by atoms with E-state index in [0.717, 1.165) is 22.4 Å². The van der Waals surface area contributed by atoms with E-state index in [2.05, 4.69) is 20.7 Å². The molecule has 0 radical (unpaired) electrons. The van der Waals surface area contributed by atoms with Crippen LogP contribution in [0.25, 0.3) is 0 Å². The van der Waals surface area contributed by atoms with Crippen LogP contribution in [0.1, 0.15) is 29.7 Å². The predicted octanol–water partition coefficient (Wildman–Crippen LogP) is 5.23. The van der Waals surface area contributed by atoms with E-state index in [9.17, 15) is 9.18 Å².